The molecule has 0 aliphatic carbocycles. The van der Waals surface area contributed by atoms with Crippen LogP contribution in [0.25, 0.3) is 0 Å². The van der Waals surface area contributed by atoms with Gasteiger partial charge in [-0.15, -0.1) is 0 Å². The van der Waals surface area contributed by atoms with E-state index in [9.17, 15) is 18.0 Å². The highest BCUT2D eigenvalue weighted by molar-refractivity contribution is 5.93. The number of carbonyl (C=O) groups excluding carboxylic acids is 1. The van der Waals surface area contributed by atoms with Crippen molar-refractivity contribution in [1.29, 1.82) is 0 Å². The lowest BCUT2D eigenvalue weighted by atomic mass is 10.1. The van der Waals surface area contributed by atoms with Crippen LogP contribution in [0.5, 0.6) is 0 Å². The van der Waals surface area contributed by atoms with E-state index in [4.69, 9.17) is 5.73 Å². The minimum absolute atomic E-state index is 0.319. The highest BCUT2D eigenvalue weighted by Crippen LogP contribution is 2.25. The van der Waals surface area contributed by atoms with Gasteiger partial charge in [0.05, 0.1) is 11.3 Å². The summed E-state index contributed by atoms with van der Waals surface area (Å²) < 4.78 is 36.8. The Balaban J connectivity index is 3.13. The van der Waals surface area contributed by atoms with Crippen molar-refractivity contribution in [2.75, 3.05) is 0 Å². The average Bonchev–Trinajstić information content (AvgIpc) is 2.16. The number of nitrogens with two attached hydrogens (primary N) is 1. The van der Waals surface area contributed by atoms with Gasteiger partial charge in [0.1, 0.15) is 0 Å². The standard InChI is InChI=1S/C8H7F3N2O/c9-5(7(10)11)6-4(8(12)14)2-1-3-13-6/h1-3,5,7H,(H2,12,14). The number of primary amides is 1. The van der Waals surface area contributed by atoms with Gasteiger partial charge in [-0.1, -0.05) is 0 Å². The van der Waals surface area contributed by atoms with Crippen molar-refractivity contribution in [2.24, 2.45) is 5.73 Å². The number of carbonyl (C=O) groups is 1. The van der Waals surface area contributed by atoms with Gasteiger partial charge in [0.25, 0.3) is 12.3 Å². The number of halogens is 3. The number of nitrogens with zero attached hydrogens (tertiary/aromatic N) is 1. The van der Waals surface area contributed by atoms with Gasteiger partial charge in [-0.3, -0.25) is 9.78 Å². The molecule has 0 bridgehead atoms. The Morgan fingerprint density at radius 2 is 2.07 bits per heavy atom. The summed E-state index contributed by atoms with van der Waals surface area (Å²) in [5, 5.41) is 0. The molecule has 0 aliphatic rings. The van der Waals surface area contributed by atoms with Gasteiger partial charge >= 0.3 is 0 Å². The van der Waals surface area contributed by atoms with Crippen LogP contribution in [0.4, 0.5) is 13.2 Å². The van der Waals surface area contributed by atoms with E-state index >= 15 is 0 Å². The molecule has 1 aromatic rings. The highest BCUT2D eigenvalue weighted by Gasteiger charge is 2.26. The maximum Gasteiger partial charge on any atom is 0.275 e. The molecule has 1 unspecified atom stereocenters. The molecule has 1 amide bonds. The normalized spacial score (nSPS) is 12.9. The van der Waals surface area contributed by atoms with Crippen LogP contribution in [0, 0.1) is 0 Å². The predicted molar refractivity (Wildman–Crippen MR) is 42.6 cm³/mol. The number of alkyl halides is 3. The fourth-order valence-corrected chi connectivity index (χ4v) is 0.965. The van der Waals surface area contributed by atoms with E-state index in [1.165, 1.54) is 6.07 Å². The minimum atomic E-state index is -3.22. The molecule has 0 saturated carbocycles. The summed E-state index contributed by atoms with van der Waals surface area (Å²) >= 11 is 0. The van der Waals surface area contributed by atoms with Gasteiger partial charge in [-0.2, -0.15) is 0 Å². The van der Waals surface area contributed by atoms with Gasteiger partial charge in [0.2, 0.25) is 6.17 Å². The fourth-order valence-electron chi connectivity index (χ4n) is 0.965. The van der Waals surface area contributed by atoms with E-state index in [2.05, 4.69) is 4.98 Å². The van der Waals surface area contributed by atoms with E-state index in [0.717, 1.165) is 12.3 Å². The number of amides is 1. The second-order valence-electron chi connectivity index (χ2n) is 2.54. The van der Waals surface area contributed by atoms with Crippen molar-refractivity contribution >= 4 is 5.91 Å². The molecule has 0 saturated heterocycles. The molecule has 2 N–H and O–H groups in total. The quantitative estimate of drug-likeness (QED) is 0.810. The Morgan fingerprint density at radius 3 is 2.57 bits per heavy atom. The summed E-state index contributed by atoms with van der Waals surface area (Å²) in [6.07, 6.45) is -4.68. The Labute approximate surface area is 77.7 Å². The maximum atomic E-state index is 12.9. The van der Waals surface area contributed by atoms with E-state index in [-0.39, 0.29) is 5.56 Å². The van der Waals surface area contributed by atoms with Crippen LogP contribution >= 0.6 is 0 Å². The minimum Gasteiger partial charge on any atom is -0.366 e. The second-order valence-corrected chi connectivity index (χ2v) is 2.54. The van der Waals surface area contributed by atoms with Crippen molar-refractivity contribution in [3.8, 4) is 0 Å². The fraction of sp³-hybridized carbons (Fsp3) is 0.250. The van der Waals surface area contributed by atoms with Gasteiger partial charge in [-0.25, -0.2) is 13.2 Å². The first-order valence-corrected chi connectivity index (χ1v) is 3.71. The molecule has 1 atom stereocenters. The third-order valence-electron chi connectivity index (χ3n) is 1.59. The van der Waals surface area contributed by atoms with Gasteiger partial charge < -0.3 is 5.73 Å². The lowest BCUT2D eigenvalue weighted by Crippen LogP contribution is -2.17. The van der Waals surface area contributed by atoms with Crippen molar-refractivity contribution in [3.05, 3.63) is 29.6 Å². The van der Waals surface area contributed by atoms with E-state index in [1.54, 1.807) is 0 Å². The Morgan fingerprint density at radius 1 is 1.43 bits per heavy atom. The van der Waals surface area contributed by atoms with Crippen LogP contribution in [0.2, 0.25) is 0 Å². The Bertz CT molecular complexity index is 343. The number of hydrogen-bond acceptors (Lipinski definition) is 2. The molecule has 1 rings (SSSR count). The first-order chi connectivity index (χ1) is 6.54. The van der Waals surface area contributed by atoms with Crippen molar-refractivity contribution in [2.45, 2.75) is 12.6 Å². The summed E-state index contributed by atoms with van der Waals surface area (Å²) in [4.78, 5) is 14.1. The van der Waals surface area contributed by atoms with Gasteiger partial charge in [-0.05, 0) is 12.1 Å². The first-order valence-electron chi connectivity index (χ1n) is 3.71. The van der Waals surface area contributed by atoms with Crippen LogP contribution in [-0.4, -0.2) is 17.3 Å². The molecule has 14 heavy (non-hydrogen) atoms. The Hall–Kier alpha value is -1.59. The number of hydrogen-bond donors (Lipinski definition) is 1. The van der Waals surface area contributed by atoms with E-state index in [0.29, 0.717) is 0 Å². The summed E-state index contributed by atoms with van der Waals surface area (Å²) in [6.45, 7) is 0. The van der Waals surface area contributed by atoms with Crippen LogP contribution in [-0.2, 0) is 0 Å². The summed E-state index contributed by atoms with van der Waals surface area (Å²) in [6, 6.07) is 2.47. The second kappa shape index (κ2) is 4.08. The molecule has 0 aromatic carbocycles. The molecular weight excluding hydrogens is 197 g/mol. The summed E-state index contributed by atoms with van der Waals surface area (Å²) in [5.74, 6) is -0.976. The van der Waals surface area contributed by atoms with Gasteiger partial charge in [0.15, 0.2) is 0 Å². The highest BCUT2D eigenvalue weighted by atomic mass is 19.3. The van der Waals surface area contributed by atoms with Crippen LogP contribution < -0.4 is 5.73 Å². The third-order valence-corrected chi connectivity index (χ3v) is 1.59. The number of pyridine rings is 1. The molecule has 1 aromatic heterocycles. The van der Waals surface area contributed by atoms with Gasteiger partial charge in [0, 0.05) is 6.20 Å². The molecule has 76 valence electrons. The lowest BCUT2D eigenvalue weighted by Gasteiger charge is -2.08. The largest absolute Gasteiger partial charge is 0.366 e. The molecular formula is C8H7F3N2O. The molecule has 0 spiro atoms. The average molecular weight is 204 g/mol. The zero-order valence-corrected chi connectivity index (χ0v) is 6.95. The van der Waals surface area contributed by atoms with Crippen molar-refractivity contribution in [3.63, 3.8) is 0 Å². The molecule has 0 radical (unpaired) electrons. The number of aromatic nitrogens is 1. The summed E-state index contributed by atoms with van der Waals surface area (Å²) in [7, 11) is 0. The zero-order valence-electron chi connectivity index (χ0n) is 6.95. The molecule has 3 nitrogen and oxygen atoms in total. The lowest BCUT2D eigenvalue weighted by molar-refractivity contribution is 0.0467. The van der Waals surface area contributed by atoms with E-state index < -0.39 is 24.2 Å². The monoisotopic (exact) mass is 204 g/mol. The van der Waals surface area contributed by atoms with Crippen LogP contribution in [0.3, 0.4) is 0 Å². The Kier molecular flexibility index (Phi) is 3.06. The molecule has 0 fully saturated rings. The smallest absolute Gasteiger partial charge is 0.275 e. The predicted octanol–water partition coefficient (Wildman–Crippen LogP) is 1.46. The van der Waals surface area contributed by atoms with Crippen LogP contribution in [0.1, 0.15) is 22.2 Å². The SMILES string of the molecule is NC(=O)c1cccnc1C(F)C(F)F. The van der Waals surface area contributed by atoms with E-state index in [1.807, 2.05) is 0 Å². The first kappa shape index (κ1) is 10.5. The molecule has 0 aliphatic heterocycles. The maximum absolute atomic E-state index is 12.9. The molecule has 6 heteroatoms. The number of rotatable bonds is 3. The van der Waals surface area contributed by atoms with Crippen molar-refractivity contribution in [1.82, 2.24) is 4.98 Å². The van der Waals surface area contributed by atoms with Crippen LogP contribution in [0.15, 0.2) is 18.3 Å². The topological polar surface area (TPSA) is 56.0 Å². The molecule has 1 heterocycles. The zero-order chi connectivity index (χ0) is 10.7. The third kappa shape index (κ3) is 2.01. The van der Waals surface area contributed by atoms with Crippen molar-refractivity contribution < 1.29 is 18.0 Å². The summed E-state index contributed by atoms with van der Waals surface area (Å²) in [5.41, 5.74) is 3.93.